The van der Waals surface area contributed by atoms with Gasteiger partial charge < -0.3 is 26.3 Å². The summed E-state index contributed by atoms with van der Waals surface area (Å²) in [5, 5.41) is 6.44. The molecule has 5 N–H and O–H groups in total. The number of hydrogen-bond donors (Lipinski definition) is 4. The summed E-state index contributed by atoms with van der Waals surface area (Å²) in [5.41, 5.74) is 8.90. The number of primary amides is 1. The molecule has 0 bridgehead atoms. The summed E-state index contributed by atoms with van der Waals surface area (Å²) in [6.07, 6.45) is 3.26. The Labute approximate surface area is 223 Å². The molecule has 5 aromatic rings. The molecule has 0 fully saturated rings. The van der Waals surface area contributed by atoms with Crippen molar-refractivity contribution in [2.24, 2.45) is 5.73 Å². The Morgan fingerprint density at radius 1 is 1.03 bits per heavy atom. The van der Waals surface area contributed by atoms with E-state index in [1.807, 2.05) is 6.07 Å². The highest BCUT2D eigenvalue weighted by atomic mass is 19.1. The number of carbonyl (C=O) groups excluding carboxylic acids is 2. The van der Waals surface area contributed by atoms with Gasteiger partial charge in [-0.25, -0.2) is 19.3 Å². The van der Waals surface area contributed by atoms with Crippen molar-refractivity contribution in [1.29, 1.82) is 0 Å². The van der Waals surface area contributed by atoms with Gasteiger partial charge in [-0.1, -0.05) is 6.07 Å². The molecule has 0 spiro atoms. The number of aromatic nitrogens is 4. The molecule has 39 heavy (non-hydrogen) atoms. The summed E-state index contributed by atoms with van der Waals surface area (Å²) >= 11 is 0. The smallest absolute Gasteiger partial charge is 0.252 e. The quantitative estimate of drug-likeness (QED) is 0.231. The summed E-state index contributed by atoms with van der Waals surface area (Å²) in [7, 11) is 1.74. The number of nitrogens with zero attached hydrogens (tertiary/aromatic N) is 4. The number of nitrogens with one attached hydrogen (secondary N) is 3. The second-order valence-corrected chi connectivity index (χ2v) is 8.70. The van der Waals surface area contributed by atoms with Crippen LogP contribution < -0.4 is 21.3 Å². The van der Waals surface area contributed by atoms with Crippen LogP contribution in [0.15, 0.2) is 85.2 Å². The van der Waals surface area contributed by atoms with Crippen molar-refractivity contribution in [2.75, 3.05) is 23.8 Å². The number of amides is 2. The van der Waals surface area contributed by atoms with Crippen molar-refractivity contribution in [3.8, 4) is 11.4 Å². The zero-order valence-corrected chi connectivity index (χ0v) is 20.9. The molecule has 2 amide bonds. The van der Waals surface area contributed by atoms with Gasteiger partial charge in [-0.05, 0) is 66.7 Å². The monoisotopic (exact) mass is 524 g/mol. The number of benzene rings is 2. The Morgan fingerprint density at radius 3 is 2.56 bits per heavy atom. The third-order valence-electron chi connectivity index (χ3n) is 6.12. The van der Waals surface area contributed by atoms with Crippen LogP contribution in [0, 0.1) is 5.82 Å². The normalized spacial score (nSPS) is 11.6. The van der Waals surface area contributed by atoms with Crippen LogP contribution in [0.25, 0.3) is 22.3 Å². The molecular formula is C28H25FN8O2. The molecule has 11 heteroatoms. The minimum absolute atomic E-state index is 0.0121. The first-order valence-corrected chi connectivity index (χ1v) is 12.1. The first-order valence-electron chi connectivity index (χ1n) is 12.1. The van der Waals surface area contributed by atoms with Gasteiger partial charge in [0.15, 0.2) is 0 Å². The van der Waals surface area contributed by atoms with Gasteiger partial charge in [-0.2, -0.15) is 0 Å². The van der Waals surface area contributed by atoms with Gasteiger partial charge in [0.05, 0.1) is 17.9 Å². The first-order chi connectivity index (χ1) is 18.9. The second-order valence-electron chi connectivity index (χ2n) is 8.70. The average molecular weight is 525 g/mol. The van der Waals surface area contributed by atoms with Crippen molar-refractivity contribution in [2.45, 2.75) is 6.04 Å². The fourth-order valence-corrected chi connectivity index (χ4v) is 4.14. The van der Waals surface area contributed by atoms with E-state index in [9.17, 15) is 14.0 Å². The number of nitrogens with two attached hydrogens (primary N) is 1. The molecule has 0 aliphatic heterocycles. The molecule has 3 heterocycles. The lowest BCUT2D eigenvalue weighted by Crippen LogP contribution is -2.50. The Kier molecular flexibility index (Phi) is 7.13. The Bertz CT molecular complexity index is 1620. The van der Waals surface area contributed by atoms with Crippen LogP contribution in [-0.4, -0.2) is 51.4 Å². The maximum Gasteiger partial charge on any atom is 0.252 e. The van der Waals surface area contributed by atoms with Crippen LogP contribution in [0.1, 0.15) is 10.4 Å². The maximum absolute atomic E-state index is 13.6. The molecule has 1 unspecified atom stereocenters. The number of halogens is 1. The highest BCUT2D eigenvalue weighted by Crippen LogP contribution is 2.26. The number of carbonyl (C=O) groups is 2. The lowest BCUT2D eigenvalue weighted by molar-refractivity contribution is -0.119. The Balaban J connectivity index is 1.39. The predicted molar refractivity (Wildman–Crippen MR) is 147 cm³/mol. The van der Waals surface area contributed by atoms with E-state index in [0.717, 1.165) is 16.6 Å². The minimum Gasteiger partial charge on any atom is -0.368 e. The summed E-state index contributed by atoms with van der Waals surface area (Å²) < 4.78 is 13.6. The largest absolute Gasteiger partial charge is 0.368 e. The van der Waals surface area contributed by atoms with E-state index in [-0.39, 0.29) is 6.54 Å². The highest BCUT2D eigenvalue weighted by molar-refractivity contribution is 6.01. The van der Waals surface area contributed by atoms with E-state index in [4.69, 9.17) is 5.73 Å². The summed E-state index contributed by atoms with van der Waals surface area (Å²) in [6.45, 7) is -0.0121. The molecule has 5 rings (SSSR count). The number of H-pyrrole nitrogens is 1. The molecule has 2 aromatic carbocycles. The van der Waals surface area contributed by atoms with Gasteiger partial charge in [-0.15, -0.1) is 0 Å². The van der Waals surface area contributed by atoms with Crippen LogP contribution >= 0.6 is 0 Å². The molecule has 3 aromatic heterocycles. The average Bonchev–Trinajstić information content (AvgIpc) is 3.40. The molecule has 0 saturated heterocycles. The lowest BCUT2D eigenvalue weighted by atomic mass is 10.1. The van der Waals surface area contributed by atoms with Gasteiger partial charge in [-0.3, -0.25) is 9.59 Å². The molecule has 0 radical (unpaired) electrons. The van der Waals surface area contributed by atoms with E-state index in [1.54, 1.807) is 78.9 Å². The second kappa shape index (κ2) is 11.0. The van der Waals surface area contributed by atoms with E-state index in [1.165, 1.54) is 12.1 Å². The van der Waals surface area contributed by atoms with E-state index in [2.05, 4.69) is 30.6 Å². The topological polar surface area (TPSA) is 142 Å². The number of rotatable bonds is 9. The van der Waals surface area contributed by atoms with Crippen molar-refractivity contribution >= 4 is 40.2 Å². The highest BCUT2D eigenvalue weighted by Gasteiger charge is 2.24. The number of aromatic amines is 1. The van der Waals surface area contributed by atoms with Crippen molar-refractivity contribution in [3.63, 3.8) is 0 Å². The van der Waals surface area contributed by atoms with Gasteiger partial charge in [0, 0.05) is 41.6 Å². The van der Waals surface area contributed by atoms with Gasteiger partial charge in [0.25, 0.3) is 5.91 Å². The zero-order valence-electron chi connectivity index (χ0n) is 20.9. The van der Waals surface area contributed by atoms with E-state index in [0.29, 0.717) is 28.7 Å². The molecular weight excluding hydrogens is 499 g/mol. The molecule has 10 nitrogen and oxygen atoms in total. The van der Waals surface area contributed by atoms with Crippen LogP contribution in [0.5, 0.6) is 0 Å². The van der Waals surface area contributed by atoms with E-state index >= 15 is 0 Å². The van der Waals surface area contributed by atoms with Gasteiger partial charge in [0.1, 0.15) is 17.7 Å². The van der Waals surface area contributed by atoms with E-state index < -0.39 is 23.7 Å². The Hall–Kier alpha value is -5.32. The minimum atomic E-state index is -1.07. The number of anilines is 3. The third-order valence-corrected chi connectivity index (χ3v) is 6.12. The fraction of sp³-hybridized carbons (Fsp3) is 0.107. The number of fused-ring (bicyclic) bond motifs is 1. The molecule has 196 valence electrons. The van der Waals surface area contributed by atoms with Gasteiger partial charge >= 0.3 is 0 Å². The summed E-state index contributed by atoms with van der Waals surface area (Å²) in [5.74, 6) is -0.588. The predicted octanol–water partition coefficient (Wildman–Crippen LogP) is 3.62. The molecule has 0 aliphatic rings. The number of pyridine rings is 1. The van der Waals surface area contributed by atoms with Crippen molar-refractivity contribution in [3.05, 3.63) is 96.6 Å². The first kappa shape index (κ1) is 25.3. The maximum atomic E-state index is 13.6. The summed E-state index contributed by atoms with van der Waals surface area (Å²) in [4.78, 5) is 43.5. The molecule has 0 aliphatic carbocycles. The van der Waals surface area contributed by atoms with Crippen LogP contribution in [0.4, 0.5) is 21.8 Å². The summed E-state index contributed by atoms with van der Waals surface area (Å²) in [6, 6.07) is 18.8. The standard InChI is InChI=1S/C28H25FN8O2/c1-31-28-33-13-11-22(36-28)23-15-18-14-17(5-10-21(18)34-23)27(39)35-24(26(30)38)16-37(25-4-2-3-12-32-25)20-8-6-19(29)7-9-20/h2-15,24,34H,16H2,1H3,(H2,30,38)(H,35,39)(H,31,33,36). The van der Waals surface area contributed by atoms with Crippen molar-refractivity contribution < 1.29 is 14.0 Å². The van der Waals surface area contributed by atoms with Gasteiger partial charge in [0.2, 0.25) is 11.9 Å². The van der Waals surface area contributed by atoms with Crippen LogP contribution in [-0.2, 0) is 4.79 Å². The molecule has 0 saturated carbocycles. The number of hydrogen-bond acceptors (Lipinski definition) is 7. The van der Waals surface area contributed by atoms with Crippen molar-refractivity contribution in [1.82, 2.24) is 25.3 Å². The zero-order chi connectivity index (χ0) is 27.4. The Morgan fingerprint density at radius 2 is 1.85 bits per heavy atom. The van der Waals surface area contributed by atoms with Crippen LogP contribution in [0.2, 0.25) is 0 Å². The van der Waals surface area contributed by atoms with Crippen LogP contribution in [0.3, 0.4) is 0 Å². The lowest BCUT2D eigenvalue weighted by Gasteiger charge is -2.28. The third kappa shape index (κ3) is 5.67. The fourth-order valence-electron chi connectivity index (χ4n) is 4.14. The molecule has 1 atom stereocenters. The SMILES string of the molecule is CNc1nccc(-c2cc3cc(C(=O)NC(CN(c4ccc(F)cc4)c4ccccn4)C(N)=O)ccc3[nH]2)n1.